The van der Waals surface area contributed by atoms with E-state index in [1.165, 1.54) is 11.8 Å². The molecule has 0 bridgehead atoms. The Bertz CT molecular complexity index is 742. The van der Waals surface area contributed by atoms with Crippen molar-refractivity contribution in [3.05, 3.63) is 29.3 Å². The van der Waals surface area contributed by atoms with Gasteiger partial charge in [-0.1, -0.05) is 30.0 Å². The Morgan fingerprint density at radius 3 is 2.69 bits per heavy atom. The largest absolute Gasteiger partial charge is 0.466 e. The Kier molecular flexibility index (Phi) is 7.58. The first kappa shape index (κ1) is 19.9. The van der Waals surface area contributed by atoms with Crippen molar-refractivity contribution in [2.45, 2.75) is 38.8 Å². The fourth-order valence-corrected chi connectivity index (χ4v) is 3.13. The number of ether oxygens (including phenoxy) is 1. The Morgan fingerprint density at radius 1 is 1.27 bits per heavy atom. The molecule has 1 amide bonds. The number of carbonyl (C=O) groups is 2. The maximum Gasteiger partial charge on any atom is 0.305 e. The van der Waals surface area contributed by atoms with Gasteiger partial charge in [0.1, 0.15) is 0 Å². The van der Waals surface area contributed by atoms with E-state index in [0.29, 0.717) is 31.1 Å². The second kappa shape index (κ2) is 9.91. The molecule has 2 rings (SSSR count). The van der Waals surface area contributed by atoms with E-state index in [1.54, 1.807) is 11.6 Å². The lowest BCUT2D eigenvalue weighted by Crippen LogP contribution is -2.26. The lowest BCUT2D eigenvalue weighted by atomic mass is 10.1. The van der Waals surface area contributed by atoms with Crippen molar-refractivity contribution >= 4 is 23.6 Å². The summed E-state index contributed by atoms with van der Waals surface area (Å²) in [7, 11) is 0. The number of para-hydroxylation sites is 1. The first-order valence-electron chi connectivity index (χ1n) is 8.43. The van der Waals surface area contributed by atoms with E-state index < -0.39 is 0 Å². The van der Waals surface area contributed by atoms with Gasteiger partial charge in [0.15, 0.2) is 0 Å². The molecule has 0 saturated heterocycles. The fraction of sp³-hybridized carbons (Fsp3) is 0.471. The first-order valence-corrected chi connectivity index (χ1v) is 9.41. The first-order chi connectivity index (χ1) is 12.5. The van der Waals surface area contributed by atoms with Crippen LogP contribution in [0.5, 0.6) is 0 Å². The smallest absolute Gasteiger partial charge is 0.305 e. The van der Waals surface area contributed by atoms with Gasteiger partial charge in [-0.15, -0.1) is 5.10 Å². The number of amides is 1. The number of aromatic nitrogens is 4. The molecule has 9 heteroatoms. The molecule has 1 aromatic heterocycles. The van der Waals surface area contributed by atoms with E-state index in [-0.39, 0.29) is 17.6 Å². The summed E-state index contributed by atoms with van der Waals surface area (Å²) in [4.78, 5) is 23.2. The average molecular weight is 377 g/mol. The Hall–Kier alpha value is -2.42. The summed E-state index contributed by atoms with van der Waals surface area (Å²) in [6.07, 6.45) is 0.849. The van der Waals surface area contributed by atoms with Crippen molar-refractivity contribution in [3.63, 3.8) is 0 Å². The van der Waals surface area contributed by atoms with Crippen LogP contribution in [0.2, 0.25) is 0 Å². The molecule has 2 aromatic rings. The highest BCUT2D eigenvalue weighted by Crippen LogP contribution is 2.23. The molecule has 0 unspecified atom stereocenters. The molecule has 0 fully saturated rings. The van der Waals surface area contributed by atoms with Crippen molar-refractivity contribution in [1.82, 2.24) is 25.5 Å². The van der Waals surface area contributed by atoms with Crippen LogP contribution in [-0.2, 0) is 14.3 Å². The SMILES string of the molecule is CCOC(=O)CCCNC(=O)CSc1nnnn1-c1c(C)cccc1C. The van der Waals surface area contributed by atoms with Crippen LogP contribution in [0.15, 0.2) is 23.4 Å². The molecular weight excluding hydrogens is 354 g/mol. The molecule has 1 heterocycles. The van der Waals surface area contributed by atoms with E-state index in [0.717, 1.165) is 16.8 Å². The van der Waals surface area contributed by atoms with Gasteiger partial charge in [-0.2, -0.15) is 4.68 Å². The van der Waals surface area contributed by atoms with Crippen LogP contribution in [0.3, 0.4) is 0 Å². The molecule has 0 radical (unpaired) electrons. The maximum atomic E-state index is 12.0. The molecule has 26 heavy (non-hydrogen) atoms. The molecule has 0 saturated carbocycles. The van der Waals surface area contributed by atoms with E-state index in [9.17, 15) is 9.59 Å². The number of carbonyl (C=O) groups excluding carboxylic acids is 2. The molecule has 0 aliphatic heterocycles. The van der Waals surface area contributed by atoms with Crippen molar-refractivity contribution < 1.29 is 14.3 Å². The second-order valence-electron chi connectivity index (χ2n) is 5.66. The van der Waals surface area contributed by atoms with Crippen molar-refractivity contribution in [3.8, 4) is 5.69 Å². The quantitative estimate of drug-likeness (QED) is 0.404. The number of thioether (sulfide) groups is 1. The molecule has 0 aliphatic carbocycles. The number of hydrogen-bond donors (Lipinski definition) is 1. The van der Waals surface area contributed by atoms with Crippen LogP contribution in [0.1, 0.15) is 30.9 Å². The van der Waals surface area contributed by atoms with Crippen molar-refractivity contribution in [1.29, 1.82) is 0 Å². The number of esters is 1. The molecule has 0 atom stereocenters. The summed E-state index contributed by atoms with van der Waals surface area (Å²) in [5.74, 6) is -0.177. The van der Waals surface area contributed by atoms with Gasteiger partial charge in [-0.25, -0.2) is 0 Å². The monoisotopic (exact) mass is 377 g/mol. The lowest BCUT2D eigenvalue weighted by Gasteiger charge is -2.10. The third-order valence-electron chi connectivity index (χ3n) is 3.61. The van der Waals surface area contributed by atoms with Crippen molar-refractivity contribution in [2.75, 3.05) is 18.9 Å². The molecule has 0 aliphatic rings. The number of hydrogen-bond acceptors (Lipinski definition) is 7. The molecule has 1 N–H and O–H groups in total. The average Bonchev–Trinajstić information content (AvgIpc) is 3.05. The molecule has 8 nitrogen and oxygen atoms in total. The summed E-state index contributed by atoms with van der Waals surface area (Å²) >= 11 is 1.27. The number of nitrogens with one attached hydrogen (secondary N) is 1. The fourth-order valence-electron chi connectivity index (χ4n) is 2.42. The van der Waals surface area contributed by atoms with Crippen LogP contribution in [-0.4, -0.2) is 51.0 Å². The summed E-state index contributed by atoms with van der Waals surface area (Å²) in [6.45, 7) is 6.56. The molecular formula is C17H23N5O3S. The zero-order chi connectivity index (χ0) is 18.9. The Morgan fingerprint density at radius 2 is 2.00 bits per heavy atom. The van der Waals surface area contributed by atoms with Gasteiger partial charge in [0, 0.05) is 13.0 Å². The normalized spacial score (nSPS) is 10.6. The number of benzene rings is 1. The zero-order valence-corrected chi connectivity index (χ0v) is 16.0. The van der Waals surface area contributed by atoms with E-state index in [2.05, 4.69) is 20.8 Å². The topological polar surface area (TPSA) is 99.0 Å². The highest BCUT2D eigenvalue weighted by Gasteiger charge is 2.14. The summed E-state index contributed by atoms with van der Waals surface area (Å²) in [5.41, 5.74) is 3.04. The van der Waals surface area contributed by atoms with Gasteiger partial charge in [0.25, 0.3) is 0 Å². The van der Waals surface area contributed by atoms with E-state index >= 15 is 0 Å². The van der Waals surface area contributed by atoms with E-state index in [4.69, 9.17) is 4.74 Å². The van der Waals surface area contributed by atoms with Gasteiger partial charge in [0.2, 0.25) is 11.1 Å². The van der Waals surface area contributed by atoms with Crippen LogP contribution < -0.4 is 5.32 Å². The predicted octanol–water partition coefficient (Wildman–Crippen LogP) is 1.83. The van der Waals surface area contributed by atoms with Gasteiger partial charge in [-0.05, 0) is 48.7 Å². The summed E-state index contributed by atoms with van der Waals surface area (Å²) < 4.78 is 6.50. The Balaban J connectivity index is 1.85. The molecule has 0 spiro atoms. The van der Waals surface area contributed by atoms with Gasteiger partial charge in [0.05, 0.1) is 18.0 Å². The molecule has 1 aromatic carbocycles. The minimum Gasteiger partial charge on any atom is -0.466 e. The number of aryl methyl sites for hydroxylation is 2. The number of nitrogens with zero attached hydrogens (tertiary/aromatic N) is 4. The number of tetrazole rings is 1. The van der Waals surface area contributed by atoms with Crippen LogP contribution in [0, 0.1) is 13.8 Å². The number of rotatable bonds is 9. The van der Waals surface area contributed by atoms with Gasteiger partial charge < -0.3 is 10.1 Å². The minimum atomic E-state index is -0.246. The Labute approximate surface area is 156 Å². The highest BCUT2D eigenvalue weighted by molar-refractivity contribution is 7.99. The maximum absolute atomic E-state index is 12.0. The van der Waals surface area contributed by atoms with Gasteiger partial charge >= 0.3 is 5.97 Å². The van der Waals surface area contributed by atoms with Gasteiger partial charge in [-0.3, -0.25) is 9.59 Å². The van der Waals surface area contributed by atoms with Crippen LogP contribution >= 0.6 is 11.8 Å². The molecule has 140 valence electrons. The van der Waals surface area contributed by atoms with Crippen LogP contribution in [0.25, 0.3) is 5.69 Å². The standard InChI is InChI=1S/C17H23N5O3S/c1-4-25-15(24)9-6-10-18-14(23)11-26-17-19-20-21-22(17)16-12(2)7-5-8-13(16)3/h5,7-8H,4,6,9-11H2,1-3H3,(H,18,23). The van der Waals surface area contributed by atoms with Crippen molar-refractivity contribution in [2.24, 2.45) is 0 Å². The minimum absolute atomic E-state index is 0.130. The lowest BCUT2D eigenvalue weighted by molar-refractivity contribution is -0.143. The zero-order valence-electron chi connectivity index (χ0n) is 15.2. The predicted molar refractivity (Wildman–Crippen MR) is 98.2 cm³/mol. The summed E-state index contributed by atoms with van der Waals surface area (Å²) in [5, 5.41) is 15.1. The third-order valence-corrected chi connectivity index (χ3v) is 4.53. The van der Waals surface area contributed by atoms with E-state index in [1.807, 2.05) is 32.0 Å². The third kappa shape index (κ3) is 5.55. The second-order valence-corrected chi connectivity index (χ2v) is 6.60. The highest BCUT2D eigenvalue weighted by atomic mass is 32.2. The summed E-state index contributed by atoms with van der Waals surface area (Å²) in [6, 6.07) is 5.97. The van der Waals surface area contributed by atoms with Crippen LogP contribution in [0.4, 0.5) is 0 Å².